The predicted molar refractivity (Wildman–Crippen MR) is 82.3 cm³/mol. The summed E-state index contributed by atoms with van der Waals surface area (Å²) in [5.41, 5.74) is 2.48. The molecule has 0 N–H and O–H groups in total. The van der Waals surface area contributed by atoms with Crippen LogP contribution in [-0.2, 0) is 0 Å². The first-order chi connectivity index (χ1) is 8.38. The van der Waals surface area contributed by atoms with Crippen LogP contribution >= 0.6 is 15.9 Å². The van der Waals surface area contributed by atoms with E-state index in [9.17, 15) is 0 Å². The first-order valence-corrected chi connectivity index (χ1v) is 6.97. The smallest absolute Gasteiger partial charge is 0.0253 e. The fourth-order valence-corrected chi connectivity index (χ4v) is 1.83. The van der Waals surface area contributed by atoms with E-state index in [1.807, 2.05) is 45.9 Å². The van der Waals surface area contributed by atoms with Gasteiger partial charge in [-0.2, -0.15) is 0 Å². The van der Waals surface area contributed by atoms with E-state index >= 15 is 0 Å². The molecule has 0 fully saturated rings. The van der Waals surface area contributed by atoms with Gasteiger partial charge in [0, 0.05) is 4.47 Å². The van der Waals surface area contributed by atoms with Crippen molar-refractivity contribution in [1.29, 1.82) is 0 Å². The maximum absolute atomic E-state index is 3.53. The molecular formula is C16H21Br. The van der Waals surface area contributed by atoms with Gasteiger partial charge in [-0.3, -0.25) is 0 Å². The molecule has 0 aromatic heterocycles. The van der Waals surface area contributed by atoms with E-state index in [4.69, 9.17) is 0 Å². The monoisotopic (exact) mass is 292 g/mol. The summed E-state index contributed by atoms with van der Waals surface area (Å²) >= 11 is 3.53. The van der Waals surface area contributed by atoms with Gasteiger partial charge in [0.1, 0.15) is 0 Å². The molecule has 17 heavy (non-hydrogen) atoms. The van der Waals surface area contributed by atoms with Gasteiger partial charge in [-0.1, -0.05) is 92.2 Å². The second-order valence-electron chi connectivity index (χ2n) is 2.85. The predicted octanol–water partition coefficient (Wildman–Crippen LogP) is 6.17. The molecule has 1 heteroatoms. The summed E-state index contributed by atoms with van der Waals surface area (Å²) < 4.78 is 1.14. The van der Waals surface area contributed by atoms with Gasteiger partial charge in [-0.15, -0.1) is 0 Å². The van der Waals surface area contributed by atoms with Crippen molar-refractivity contribution in [3.63, 3.8) is 0 Å². The van der Waals surface area contributed by atoms with Gasteiger partial charge in [-0.25, -0.2) is 0 Å². The van der Waals surface area contributed by atoms with E-state index in [1.54, 1.807) is 0 Å². The summed E-state index contributed by atoms with van der Waals surface area (Å²) in [7, 11) is 0. The number of rotatable bonds is 1. The van der Waals surface area contributed by atoms with Crippen LogP contribution in [0.15, 0.2) is 59.1 Å². The molecular weight excluding hydrogens is 272 g/mol. The van der Waals surface area contributed by atoms with Gasteiger partial charge < -0.3 is 0 Å². The molecule has 0 aliphatic rings. The van der Waals surface area contributed by atoms with Crippen molar-refractivity contribution in [3.05, 3.63) is 59.1 Å². The maximum atomic E-state index is 3.53. The van der Waals surface area contributed by atoms with Gasteiger partial charge in [0.25, 0.3) is 0 Å². The van der Waals surface area contributed by atoms with Gasteiger partial charge >= 0.3 is 0 Å². The second-order valence-corrected chi connectivity index (χ2v) is 3.70. The first kappa shape index (κ1) is 15.9. The highest BCUT2D eigenvalue weighted by Gasteiger charge is 1.99. The molecule has 0 saturated heterocycles. The lowest BCUT2D eigenvalue weighted by Gasteiger charge is -2.02. The Labute approximate surface area is 114 Å². The molecule has 2 aromatic rings. The molecule has 0 amide bonds. The molecule has 2 rings (SSSR count). The zero-order chi connectivity index (χ0) is 13.1. The Bertz CT molecular complexity index is 393. The highest BCUT2D eigenvalue weighted by molar-refractivity contribution is 9.10. The maximum Gasteiger partial charge on any atom is 0.0253 e. The normalized spacial score (nSPS) is 8.29. The quantitative estimate of drug-likeness (QED) is 0.590. The Balaban J connectivity index is 0.000000581. The lowest BCUT2D eigenvalue weighted by molar-refractivity contribution is 1.50. The van der Waals surface area contributed by atoms with Crippen molar-refractivity contribution in [2.24, 2.45) is 0 Å². The molecule has 0 bridgehead atoms. The molecule has 0 unspecified atom stereocenters. The van der Waals surface area contributed by atoms with Crippen LogP contribution in [-0.4, -0.2) is 0 Å². The molecule has 0 aliphatic heterocycles. The summed E-state index contributed by atoms with van der Waals surface area (Å²) in [5.74, 6) is 0. The second kappa shape index (κ2) is 10.1. The first-order valence-electron chi connectivity index (χ1n) is 6.18. The lowest BCUT2D eigenvalue weighted by atomic mass is 10.1. The average molecular weight is 293 g/mol. The van der Waals surface area contributed by atoms with Crippen LogP contribution in [0, 0.1) is 0 Å². The van der Waals surface area contributed by atoms with Crippen LogP contribution in [0.5, 0.6) is 0 Å². The fraction of sp³-hybridized carbons (Fsp3) is 0.250. The van der Waals surface area contributed by atoms with Crippen LogP contribution in [0.4, 0.5) is 0 Å². The lowest BCUT2D eigenvalue weighted by Crippen LogP contribution is -1.77. The molecule has 0 radical (unpaired) electrons. The number of hydrogen-bond donors (Lipinski definition) is 0. The number of hydrogen-bond acceptors (Lipinski definition) is 0. The highest BCUT2D eigenvalue weighted by atomic mass is 79.9. The summed E-state index contributed by atoms with van der Waals surface area (Å²) in [6.45, 7) is 8.00. The highest BCUT2D eigenvalue weighted by Crippen LogP contribution is 2.27. The zero-order valence-electron chi connectivity index (χ0n) is 11.1. The third kappa shape index (κ3) is 5.18. The summed E-state index contributed by atoms with van der Waals surface area (Å²) in [4.78, 5) is 0. The molecule has 0 atom stereocenters. The van der Waals surface area contributed by atoms with Gasteiger partial charge in [-0.05, 0) is 17.2 Å². The largest absolute Gasteiger partial charge is 0.0683 e. The van der Waals surface area contributed by atoms with Crippen LogP contribution in [0.25, 0.3) is 11.1 Å². The van der Waals surface area contributed by atoms with Crippen LogP contribution in [0.2, 0.25) is 0 Å². The van der Waals surface area contributed by atoms with E-state index in [2.05, 4.69) is 52.3 Å². The standard InChI is InChI=1S/C12H9Br.2C2H6/c13-12-9-5-4-8-11(12)10-6-2-1-3-7-10;2*1-2/h1-9H;2*1-2H3. The Morgan fingerprint density at radius 3 is 1.65 bits per heavy atom. The Morgan fingerprint density at radius 2 is 1.12 bits per heavy atom. The van der Waals surface area contributed by atoms with Crippen molar-refractivity contribution in [3.8, 4) is 11.1 Å². The van der Waals surface area contributed by atoms with E-state index < -0.39 is 0 Å². The van der Waals surface area contributed by atoms with Crippen LogP contribution in [0.3, 0.4) is 0 Å². The van der Waals surface area contributed by atoms with Gasteiger partial charge in [0.15, 0.2) is 0 Å². The molecule has 92 valence electrons. The average Bonchev–Trinajstić information content (AvgIpc) is 2.45. The minimum absolute atomic E-state index is 1.14. The third-order valence-corrected chi connectivity index (χ3v) is 2.65. The van der Waals surface area contributed by atoms with E-state index in [0.717, 1.165) is 4.47 Å². The number of benzene rings is 2. The topological polar surface area (TPSA) is 0 Å². The fourth-order valence-electron chi connectivity index (χ4n) is 1.31. The Morgan fingerprint density at radius 1 is 0.647 bits per heavy atom. The molecule has 0 heterocycles. The molecule has 0 saturated carbocycles. The summed E-state index contributed by atoms with van der Waals surface area (Å²) in [6.07, 6.45) is 0. The summed E-state index contributed by atoms with van der Waals surface area (Å²) in [5, 5.41) is 0. The van der Waals surface area contributed by atoms with Gasteiger partial charge in [0.2, 0.25) is 0 Å². The van der Waals surface area contributed by atoms with Crippen molar-refractivity contribution < 1.29 is 0 Å². The Hall–Kier alpha value is -1.08. The van der Waals surface area contributed by atoms with E-state index in [-0.39, 0.29) is 0 Å². The van der Waals surface area contributed by atoms with Crippen LogP contribution < -0.4 is 0 Å². The van der Waals surface area contributed by atoms with Crippen LogP contribution in [0.1, 0.15) is 27.7 Å². The zero-order valence-corrected chi connectivity index (χ0v) is 12.7. The van der Waals surface area contributed by atoms with E-state index in [1.165, 1.54) is 11.1 Å². The van der Waals surface area contributed by atoms with Gasteiger partial charge in [0.05, 0.1) is 0 Å². The van der Waals surface area contributed by atoms with Crippen molar-refractivity contribution in [2.45, 2.75) is 27.7 Å². The minimum Gasteiger partial charge on any atom is -0.0683 e. The Kier molecular flexibility index (Phi) is 9.46. The molecule has 0 nitrogen and oxygen atoms in total. The SMILES string of the molecule is Brc1ccccc1-c1ccccc1.CC.CC. The van der Waals surface area contributed by atoms with Crippen molar-refractivity contribution in [2.75, 3.05) is 0 Å². The molecule has 0 spiro atoms. The molecule has 0 aliphatic carbocycles. The molecule has 2 aromatic carbocycles. The van der Waals surface area contributed by atoms with Crippen molar-refractivity contribution in [1.82, 2.24) is 0 Å². The van der Waals surface area contributed by atoms with E-state index in [0.29, 0.717) is 0 Å². The number of halogens is 1. The summed E-state index contributed by atoms with van der Waals surface area (Å²) in [6, 6.07) is 18.6. The minimum atomic E-state index is 1.14. The third-order valence-electron chi connectivity index (χ3n) is 1.96. The van der Waals surface area contributed by atoms with Crippen molar-refractivity contribution >= 4 is 15.9 Å².